The summed E-state index contributed by atoms with van der Waals surface area (Å²) in [5, 5.41) is 15.6. The zero-order valence-electron chi connectivity index (χ0n) is 17.2. The Hall–Kier alpha value is -3.49. The van der Waals surface area contributed by atoms with Gasteiger partial charge in [0.1, 0.15) is 11.6 Å². The fraction of sp³-hybridized carbons (Fsp3) is 0.381. The van der Waals surface area contributed by atoms with E-state index in [1.165, 1.54) is 0 Å². The van der Waals surface area contributed by atoms with Crippen LogP contribution in [0.1, 0.15) is 23.4 Å². The van der Waals surface area contributed by atoms with E-state index in [2.05, 4.69) is 30.6 Å². The van der Waals surface area contributed by atoms with Crippen LogP contribution >= 0.6 is 0 Å². The van der Waals surface area contributed by atoms with Gasteiger partial charge in [-0.15, -0.1) is 10.2 Å². The van der Waals surface area contributed by atoms with Gasteiger partial charge in [0.25, 0.3) is 0 Å². The van der Waals surface area contributed by atoms with Crippen LogP contribution in [0.5, 0.6) is 0 Å². The standard InChI is InChI=1S/C21H25N7O2/c1-15-17(16(2)30-26-15)6-9-21(29)28-13-11-27(12-14-28)20-8-7-19(24-25-20)23-18-5-3-4-10-22-18/h3-5,7-8,10H,6,9,11-14H2,1-2H3,(H,22,23,24). The van der Waals surface area contributed by atoms with Gasteiger partial charge in [-0.3, -0.25) is 4.79 Å². The van der Waals surface area contributed by atoms with Crippen LogP contribution in [0.15, 0.2) is 41.1 Å². The molecular formula is C21H25N7O2. The largest absolute Gasteiger partial charge is 0.361 e. The van der Waals surface area contributed by atoms with Gasteiger partial charge in [0.2, 0.25) is 5.91 Å². The molecule has 9 heteroatoms. The lowest BCUT2D eigenvalue weighted by Gasteiger charge is -2.35. The Balaban J connectivity index is 1.27. The number of anilines is 3. The number of amides is 1. The highest BCUT2D eigenvalue weighted by molar-refractivity contribution is 5.76. The molecule has 0 aliphatic carbocycles. The molecule has 30 heavy (non-hydrogen) atoms. The highest BCUT2D eigenvalue weighted by atomic mass is 16.5. The molecule has 0 saturated carbocycles. The highest BCUT2D eigenvalue weighted by Gasteiger charge is 2.22. The summed E-state index contributed by atoms with van der Waals surface area (Å²) in [6.07, 6.45) is 2.85. The smallest absolute Gasteiger partial charge is 0.223 e. The van der Waals surface area contributed by atoms with Crippen LogP contribution in [0.3, 0.4) is 0 Å². The van der Waals surface area contributed by atoms with Crippen molar-refractivity contribution in [2.24, 2.45) is 0 Å². The number of nitrogens with one attached hydrogen (secondary N) is 1. The van der Waals surface area contributed by atoms with Crippen molar-refractivity contribution in [3.63, 3.8) is 0 Å². The monoisotopic (exact) mass is 407 g/mol. The molecule has 1 fully saturated rings. The number of rotatable bonds is 6. The van der Waals surface area contributed by atoms with Gasteiger partial charge >= 0.3 is 0 Å². The van der Waals surface area contributed by atoms with Gasteiger partial charge in [-0.25, -0.2) is 4.98 Å². The SMILES string of the molecule is Cc1noc(C)c1CCC(=O)N1CCN(c2ccc(Nc3ccccn3)nn2)CC1. The number of carbonyl (C=O) groups is 1. The molecule has 1 aliphatic rings. The van der Waals surface area contributed by atoms with Gasteiger partial charge in [-0.05, 0) is 44.5 Å². The fourth-order valence-corrected chi connectivity index (χ4v) is 3.56. The van der Waals surface area contributed by atoms with Crippen LogP contribution < -0.4 is 10.2 Å². The molecule has 3 aromatic heterocycles. The maximum atomic E-state index is 12.6. The van der Waals surface area contributed by atoms with Gasteiger partial charge < -0.3 is 19.6 Å². The minimum absolute atomic E-state index is 0.163. The number of hydrogen-bond acceptors (Lipinski definition) is 8. The third-order valence-corrected chi connectivity index (χ3v) is 5.30. The predicted molar refractivity (Wildman–Crippen MR) is 113 cm³/mol. The topological polar surface area (TPSA) is 100 Å². The van der Waals surface area contributed by atoms with E-state index in [9.17, 15) is 4.79 Å². The predicted octanol–water partition coefficient (Wildman–Crippen LogP) is 2.50. The number of aryl methyl sites for hydroxylation is 2. The molecule has 3 aromatic rings. The first kappa shape index (κ1) is 19.8. The van der Waals surface area contributed by atoms with Crippen molar-refractivity contribution in [1.82, 2.24) is 25.2 Å². The molecule has 1 N–H and O–H groups in total. The maximum Gasteiger partial charge on any atom is 0.223 e. The summed E-state index contributed by atoms with van der Waals surface area (Å²) >= 11 is 0. The minimum atomic E-state index is 0.163. The highest BCUT2D eigenvalue weighted by Crippen LogP contribution is 2.18. The van der Waals surface area contributed by atoms with Gasteiger partial charge in [-0.2, -0.15) is 0 Å². The van der Waals surface area contributed by atoms with E-state index in [4.69, 9.17) is 4.52 Å². The molecule has 4 rings (SSSR count). The molecule has 0 spiro atoms. The molecule has 0 unspecified atom stereocenters. The van der Waals surface area contributed by atoms with Crippen molar-refractivity contribution >= 4 is 23.4 Å². The van der Waals surface area contributed by atoms with Crippen molar-refractivity contribution < 1.29 is 9.32 Å². The van der Waals surface area contributed by atoms with Crippen LogP contribution in [0, 0.1) is 13.8 Å². The zero-order valence-corrected chi connectivity index (χ0v) is 17.2. The van der Waals surface area contributed by atoms with E-state index in [0.29, 0.717) is 31.7 Å². The number of nitrogens with zero attached hydrogens (tertiary/aromatic N) is 6. The Morgan fingerprint density at radius 3 is 2.53 bits per heavy atom. The minimum Gasteiger partial charge on any atom is -0.361 e. The second-order valence-corrected chi connectivity index (χ2v) is 7.29. The van der Waals surface area contributed by atoms with Crippen molar-refractivity contribution in [2.45, 2.75) is 26.7 Å². The van der Waals surface area contributed by atoms with Crippen LogP contribution in [-0.4, -0.2) is 57.3 Å². The number of pyridine rings is 1. The number of hydrogen-bond donors (Lipinski definition) is 1. The van der Waals surface area contributed by atoms with Crippen molar-refractivity contribution in [3.8, 4) is 0 Å². The lowest BCUT2D eigenvalue weighted by Crippen LogP contribution is -2.49. The molecule has 1 saturated heterocycles. The molecule has 0 radical (unpaired) electrons. The Kier molecular flexibility index (Phi) is 5.87. The number of carbonyl (C=O) groups excluding carboxylic acids is 1. The van der Waals surface area contributed by atoms with Crippen LogP contribution in [0.4, 0.5) is 17.5 Å². The third-order valence-electron chi connectivity index (χ3n) is 5.30. The van der Waals surface area contributed by atoms with Crippen molar-refractivity contribution in [1.29, 1.82) is 0 Å². The van der Waals surface area contributed by atoms with Crippen molar-refractivity contribution in [2.75, 3.05) is 36.4 Å². The van der Waals surface area contributed by atoms with Crippen LogP contribution in [0.25, 0.3) is 0 Å². The molecule has 156 valence electrons. The van der Waals surface area contributed by atoms with Gasteiger partial charge in [0.05, 0.1) is 5.69 Å². The molecule has 0 aromatic carbocycles. The molecule has 4 heterocycles. The summed E-state index contributed by atoms with van der Waals surface area (Å²) in [7, 11) is 0. The lowest BCUT2D eigenvalue weighted by atomic mass is 10.1. The molecule has 1 aliphatic heterocycles. The molecule has 1 amide bonds. The quantitative estimate of drug-likeness (QED) is 0.665. The van der Waals surface area contributed by atoms with Crippen LogP contribution in [0.2, 0.25) is 0 Å². The Bertz CT molecular complexity index is 961. The fourth-order valence-electron chi connectivity index (χ4n) is 3.56. The molecular weight excluding hydrogens is 382 g/mol. The van der Waals surface area contributed by atoms with Crippen molar-refractivity contribution in [3.05, 3.63) is 53.5 Å². The first-order chi connectivity index (χ1) is 14.6. The molecule has 0 atom stereocenters. The van der Waals surface area contributed by atoms with Crippen LogP contribution in [-0.2, 0) is 11.2 Å². The average Bonchev–Trinajstić information content (AvgIpc) is 3.11. The normalized spacial score (nSPS) is 14.1. The van der Waals surface area contributed by atoms with Gasteiger partial charge in [-0.1, -0.05) is 11.2 Å². The Labute approximate surface area is 175 Å². The maximum absolute atomic E-state index is 12.6. The average molecular weight is 407 g/mol. The van der Waals surface area contributed by atoms with E-state index in [0.717, 1.165) is 41.7 Å². The van der Waals surface area contributed by atoms with E-state index < -0.39 is 0 Å². The van der Waals surface area contributed by atoms with E-state index in [-0.39, 0.29) is 5.91 Å². The van der Waals surface area contributed by atoms with E-state index >= 15 is 0 Å². The summed E-state index contributed by atoms with van der Waals surface area (Å²) < 4.78 is 5.18. The second-order valence-electron chi connectivity index (χ2n) is 7.29. The first-order valence-electron chi connectivity index (χ1n) is 10.1. The summed E-state index contributed by atoms with van der Waals surface area (Å²) in [6.45, 7) is 6.62. The lowest BCUT2D eigenvalue weighted by molar-refractivity contribution is -0.131. The van der Waals surface area contributed by atoms with E-state index in [1.807, 2.05) is 49.1 Å². The number of aromatic nitrogens is 4. The Morgan fingerprint density at radius 1 is 1.07 bits per heavy atom. The van der Waals surface area contributed by atoms with E-state index in [1.54, 1.807) is 6.20 Å². The summed E-state index contributed by atoms with van der Waals surface area (Å²) in [5.41, 5.74) is 1.90. The summed E-state index contributed by atoms with van der Waals surface area (Å²) in [5.74, 6) is 3.14. The first-order valence-corrected chi connectivity index (χ1v) is 10.1. The van der Waals surface area contributed by atoms with Gasteiger partial charge in [0, 0.05) is 44.4 Å². The third kappa shape index (κ3) is 4.56. The summed E-state index contributed by atoms with van der Waals surface area (Å²) in [6, 6.07) is 9.47. The molecule has 0 bridgehead atoms. The summed E-state index contributed by atoms with van der Waals surface area (Å²) in [4.78, 5) is 20.9. The van der Waals surface area contributed by atoms with Gasteiger partial charge in [0.15, 0.2) is 11.6 Å². The Morgan fingerprint density at radius 2 is 1.90 bits per heavy atom. The molecule has 9 nitrogen and oxygen atoms in total. The second kappa shape index (κ2) is 8.89. The number of piperazine rings is 1. The zero-order chi connectivity index (χ0) is 20.9.